The molecule has 1 aromatic carbocycles. The number of aromatic amines is 2. The van der Waals surface area contributed by atoms with Crippen LogP contribution in [-0.2, 0) is 11.2 Å². The zero-order chi connectivity index (χ0) is 15.4. The van der Waals surface area contributed by atoms with Crippen LogP contribution in [0.2, 0.25) is 0 Å². The molecule has 112 valence electrons. The second-order valence-corrected chi connectivity index (χ2v) is 4.62. The van der Waals surface area contributed by atoms with E-state index in [1.807, 2.05) is 0 Å². The molecule has 1 amide bonds. The fraction of sp³-hybridized carbons (Fsp3) is 0.308. The predicted octanol–water partition coefficient (Wildman–Crippen LogP) is -1.81. The van der Waals surface area contributed by atoms with Crippen LogP contribution in [0.15, 0.2) is 27.8 Å². The fourth-order valence-corrected chi connectivity index (χ4v) is 1.86. The Balaban J connectivity index is 2.06. The summed E-state index contributed by atoms with van der Waals surface area (Å²) in [6.07, 6.45) is 0.529. The summed E-state index contributed by atoms with van der Waals surface area (Å²) in [4.78, 5) is 38.8. The Hall–Kier alpha value is -2.45. The van der Waals surface area contributed by atoms with E-state index in [0.717, 1.165) is 5.56 Å². The highest BCUT2D eigenvalue weighted by Gasteiger charge is 2.10. The average molecular weight is 292 g/mol. The molecule has 0 saturated carbocycles. The number of carbonyl (C=O) groups excluding carboxylic acids is 1. The van der Waals surface area contributed by atoms with E-state index in [1.165, 1.54) is 0 Å². The molecule has 21 heavy (non-hydrogen) atoms. The van der Waals surface area contributed by atoms with Gasteiger partial charge in [0, 0.05) is 6.54 Å². The van der Waals surface area contributed by atoms with Crippen molar-refractivity contribution >= 4 is 16.9 Å². The van der Waals surface area contributed by atoms with Gasteiger partial charge >= 0.3 is 11.1 Å². The Morgan fingerprint density at radius 3 is 2.57 bits per heavy atom. The third-order valence-electron chi connectivity index (χ3n) is 3.03. The van der Waals surface area contributed by atoms with Crippen molar-refractivity contribution in [2.45, 2.75) is 12.5 Å². The van der Waals surface area contributed by atoms with Crippen molar-refractivity contribution in [3.8, 4) is 0 Å². The number of aromatic nitrogens is 2. The quantitative estimate of drug-likeness (QED) is 0.413. The number of fused-ring (bicyclic) bond motifs is 1. The van der Waals surface area contributed by atoms with Crippen molar-refractivity contribution < 1.29 is 9.90 Å². The van der Waals surface area contributed by atoms with Crippen molar-refractivity contribution in [3.05, 3.63) is 44.5 Å². The van der Waals surface area contributed by atoms with Gasteiger partial charge in [0.15, 0.2) is 0 Å². The Bertz CT molecular complexity index is 765. The van der Waals surface area contributed by atoms with E-state index in [2.05, 4.69) is 15.3 Å². The van der Waals surface area contributed by atoms with Crippen molar-refractivity contribution in [1.29, 1.82) is 0 Å². The number of aliphatic hydroxyl groups excluding tert-OH is 1. The fourth-order valence-electron chi connectivity index (χ4n) is 1.86. The van der Waals surface area contributed by atoms with Crippen LogP contribution in [-0.4, -0.2) is 40.2 Å². The van der Waals surface area contributed by atoms with Gasteiger partial charge in [-0.3, -0.25) is 14.4 Å². The number of benzene rings is 1. The molecule has 8 heteroatoms. The zero-order valence-corrected chi connectivity index (χ0v) is 11.2. The molecule has 8 nitrogen and oxygen atoms in total. The second-order valence-electron chi connectivity index (χ2n) is 4.62. The number of amides is 1. The smallest absolute Gasteiger partial charge is 0.314 e. The van der Waals surface area contributed by atoms with Crippen molar-refractivity contribution in [2.75, 3.05) is 13.2 Å². The minimum absolute atomic E-state index is 0.353. The number of aliphatic hydroxyl groups is 1. The maximum atomic E-state index is 11.4. The van der Waals surface area contributed by atoms with E-state index in [4.69, 9.17) is 10.8 Å². The van der Waals surface area contributed by atoms with Gasteiger partial charge in [-0.05, 0) is 24.1 Å². The van der Waals surface area contributed by atoms with Gasteiger partial charge in [0.25, 0.3) is 0 Å². The molecule has 2 rings (SSSR count). The van der Waals surface area contributed by atoms with Crippen LogP contribution in [0.5, 0.6) is 0 Å². The highest BCUT2D eigenvalue weighted by molar-refractivity contribution is 5.81. The maximum Gasteiger partial charge on any atom is 0.314 e. The molecule has 1 atom stereocenters. The van der Waals surface area contributed by atoms with Gasteiger partial charge in [-0.15, -0.1) is 0 Å². The Morgan fingerprint density at radius 1 is 1.24 bits per heavy atom. The number of rotatable bonds is 5. The molecule has 0 unspecified atom stereocenters. The normalized spacial score (nSPS) is 12.3. The zero-order valence-electron chi connectivity index (χ0n) is 11.2. The van der Waals surface area contributed by atoms with E-state index in [-0.39, 0.29) is 0 Å². The number of carbonyl (C=O) groups is 1. The highest BCUT2D eigenvalue weighted by atomic mass is 16.3. The van der Waals surface area contributed by atoms with Crippen LogP contribution < -0.4 is 22.2 Å². The van der Waals surface area contributed by atoms with E-state index in [1.54, 1.807) is 18.2 Å². The van der Waals surface area contributed by atoms with Crippen molar-refractivity contribution in [3.63, 3.8) is 0 Å². The molecule has 0 aliphatic heterocycles. The topological polar surface area (TPSA) is 141 Å². The number of hydrogen-bond acceptors (Lipinski definition) is 5. The van der Waals surface area contributed by atoms with Crippen molar-refractivity contribution in [2.24, 2.45) is 5.73 Å². The van der Waals surface area contributed by atoms with E-state index in [9.17, 15) is 14.4 Å². The summed E-state index contributed by atoms with van der Waals surface area (Å²) < 4.78 is 0. The molecule has 0 aliphatic rings. The van der Waals surface area contributed by atoms with Crippen LogP contribution in [0.1, 0.15) is 5.56 Å². The molecule has 0 aliphatic carbocycles. The van der Waals surface area contributed by atoms with Gasteiger partial charge in [0.1, 0.15) is 6.04 Å². The van der Waals surface area contributed by atoms with Gasteiger partial charge in [-0.2, -0.15) is 0 Å². The molecule has 0 radical (unpaired) electrons. The monoisotopic (exact) mass is 292 g/mol. The molecule has 0 fully saturated rings. The Labute approximate surface area is 119 Å². The molecular weight excluding hydrogens is 276 g/mol. The minimum atomic E-state index is -0.928. The van der Waals surface area contributed by atoms with Gasteiger partial charge in [0.05, 0.1) is 17.6 Å². The Morgan fingerprint density at radius 2 is 1.90 bits per heavy atom. The average Bonchev–Trinajstić information content (AvgIpc) is 2.47. The molecule has 0 saturated heterocycles. The summed E-state index contributed by atoms with van der Waals surface area (Å²) in [5.41, 5.74) is 5.90. The van der Waals surface area contributed by atoms with Gasteiger partial charge in [-0.25, -0.2) is 0 Å². The van der Waals surface area contributed by atoms with Gasteiger partial charge in [0.2, 0.25) is 5.91 Å². The molecule has 6 N–H and O–H groups in total. The summed E-state index contributed by atoms with van der Waals surface area (Å²) in [6.45, 7) is -0.0535. The van der Waals surface area contributed by atoms with Crippen LogP contribution >= 0.6 is 0 Å². The summed E-state index contributed by atoms with van der Waals surface area (Å²) in [7, 11) is 0. The number of nitrogens with two attached hydrogens (primary N) is 1. The highest BCUT2D eigenvalue weighted by Crippen LogP contribution is 2.09. The molecular formula is C13H16N4O4. The lowest BCUT2D eigenvalue weighted by atomic mass is 10.1. The van der Waals surface area contributed by atoms with E-state index < -0.39 is 29.7 Å². The van der Waals surface area contributed by atoms with Crippen LogP contribution in [0.25, 0.3) is 11.0 Å². The van der Waals surface area contributed by atoms with E-state index >= 15 is 0 Å². The summed E-state index contributed by atoms with van der Waals surface area (Å²) >= 11 is 0. The standard InChI is InChI=1S/C13H16N4O4/c14-8(6-18)11(19)15-4-3-7-1-2-9-10(5-7)17-13(21)12(20)16-9/h1-2,5,8,18H,3-4,6,14H2,(H,15,19)(H,16,20)(H,17,21)/t8-/m0/s1. The summed E-state index contributed by atoms with van der Waals surface area (Å²) in [5, 5.41) is 11.3. The first-order valence-electron chi connectivity index (χ1n) is 6.40. The lowest BCUT2D eigenvalue weighted by molar-refractivity contribution is -0.123. The third-order valence-corrected chi connectivity index (χ3v) is 3.03. The molecule has 0 bridgehead atoms. The van der Waals surface area contributed by atoms with E-state index in [0.29, 0.717) is 24.0 Å². The summed E-state index contributed by atoms with van der Waals surface area (Å²) in [6, 6.07) is 4.27. The van der Waals surface area contributed by atoms with Gasteiger partial charge < -0.3 is 26.1 Å². The third kappa shape index (κ3) is 3.56. The molecule has 2 aromatic rings. The first-order valence-corrected chi connectivity index (χ1v) is 6.40. The maximum absolute atomic E-state index is 11.4. The van der Waals surface area contributed by atoms with Crippen LogP contribution in [0.4, 0.5) is 0 Å². The lowest BCUT2D eigenvalue weighted by Gasteiger charge is -2.09. The molecule has 1 heterocycles. The first kappa shape index (κ1) is 14.9. The number of H-pyrrole nitrogens is 2. The van der Waals surface area contributed by atoms with Crippen LogP contribution in [0.3, 0.4) is 0 Å². The van der Waals surface area contributed by atoms with Crippen molar-refractivity contribution in [1.82, 2.24) is 15.3 Å². The lowest BCUT2D eigenvalue weighted by Crippen LogP contribution is -2.43. The van der Waals surface area contributed by atoms with Crippen LogP contribution in [0, 0.1) is 0 Å². The Kier molecular flexibility index (Phi) is 4.51. The molecule has 1 aromatic heterocycles. The number of nitrogens with one attached hydrogen (secondary N) is 3. The number of hydrogen-bond donors (Lipinski definition) is 5. The van der Waals surface area contributed by atoms with Gasteiger partial charge in [-0.1, -0.05) is 6.07 Å². The molecule has 0 spiro atoms. The minimum Gasteiger partial charge on any atom is -0.394 e. The predicted molar refractivity (Wildman–Crippen MR) is 77.0 cm³/mol. The first-order chi connectivity index (χ1) is 10.0. The summed E-state index contributed by atoms with van der Waals surface area (Å²) in [5.74, 6) is -0.420. The second kappa shape index (κ2) is 6.33. The SMILES string of the molecule is N[C@@H](CO)C(=O)NCCc1ccc2[nH]c(=O)c(=O)[nH]c2c1. The largest absolute Gasteiger partial charge is 0.394 e.